The molecule has 1 heteroatoms. The Morgan fingerprint density at radius 3 is 2.00 bits per heavy atom. The Morgan fingerprint density at radius 2 is 1.45 bits per heavy atom. The van der Waals surface area contributed by atoms with Crippen LogP contribution in [0.3, 0.4) is 0 Å². The van der Waals surface area contributed by atoms with Gasteiger partial charge in [-0.1, -0.05) is 12.2 Å². The molecule has 0 atom stereocenters. The number of rotatable bonds is 0. The summed E-state index contributed by atoms with van der Waals surface area (Å²) in [6.07, 6.45) is 13.6. The molecule has 0 aliphatic carbocycles. The normalized spacial score (nSPS) is 22.5. The molecule has 1 nitrogen and oxygen atoms in total. The van der Waals surface area contributed by atoms with Gasteiger partial charge in [0.15, 0.2) is 0 Å². The lowest BCUT2D eigenvalue weighted by molar-refractivity contribution is 0.762. The van der Waals surface area contributed by atoms with E-state index in [1.165, 1.54) is 37.1 Å². The zero-order valence-corrected chi connectivity index (χ0v) is 6.64. The number of allylic oxidation sites excluding steroid dienone is 6. The summed E-state index contributed by atoms with van der Waals surface area (Å²) in [6.45, 7) is 0. The third-order valence-corrected chi connectivity index (χ3v) is 2.17. The Labute approximate surface area is 67.5 Å². The second-order valence-electron chi connectivity index (χ2n) is 3.10. The first-order chi connectivity index (χ1) is 5.45. The van der Waals surface area contributed by atoms with Crippen LogP contribution in [0.5, 0.6) is 0 Å². The molecule has 0 radical (unpaired) electrons. The summed E-state index contributed by atoms with van der Waals surface area (Å²) in [7, 11) is 0. The van der Waals surface area contributed by atoms with Crippen molar-refractivity contribution in [3.05, 3.63) is 35.7 Å². The van der Waals surface area contributed by atoms with Crippen LogP contribution in [0.4, 0.5) is 0 Å². The highest BCUT2D eigenvalue weighted by Crippen LogP contribution is 2.19. The van der Waals surface area contributed by atoms with Crippen LogP contribution in [0.1, 0.15) is 25.7 Å². The van der Waals surface area contributed by atoms with Gasteiger partial charge >= 0.3 is 0 Å². The highest BCUT2D eigenvalue weighted by Gasteiger charge is 2.06. The summed E-state index contributed by atoms with van der Waals surface area (Å²) < 4.78 is 0. The molecule has 0 spiro atoms. The first kappa shape index (κ1) is 6.71. The highest BCUT2D eigenvalue weighted by molar-refractivity contribution is 5.26. The van der Waals surface area contributed by atoms with Crippen molar-refractivity contribution < 1.29 is 0 Å². The van der Waals surface area contributed by atoms with Crippen LogP contribution >= 0.6 is 0 Å². The summed E-state index contributed by atoms with van der Waals surface area (Å²) in [4.78, 5) is 0. The van der Waals surface area contributed by atoms with Crippen molar-refractivity contribution in [1.82, 2.24) is 5.32 Å². The van der Waals surface area contributed by atoms with Gasteiger partial charge in [0, 0.05) is 11.4 Å². The van der Waals surface area contributed by atoms with Gasteiger partial charge in [0.1, 0.15) is 0 Å². The minimum absolute atomic E-state index is 1.21. The van der Waals surface area contributed by atoms with Gasteiger partial charge in [0.05, 0.1) is 0 Å². The summed E-state index contributed by atoms with van der Waals surface area (Å²) in [6, 6.07) is 0. The van der Waals surface area contributed by atoms with Crippen molar-refractivity contribution in [2.75, 3.05) is 0 Å². The summed E-state index contributed by atoms with van der Waals surface area (Å²) in [5.41, 5.74) is 2.75. The molecule has 2 aliphatic heterocycles. The van der Waals surface area contributed by atoms with Crippen molar-refractivity contribution in [2.45, 2.75) is 25.7 Å². The minimum Gasteiger partial charge on any atom is -0.362 e. The predicted molar refractivity (Wildman–Crippen MR) is 46.9 cm³/mol. The van der Waals surface area contributed by atoms with Gasteiger partial charge in [0.2, 0.25) is 0 Å². The van der Waals surface area contributed by atoms with Crippen LogP contribution < -0.4 is 5.32 Å². The second-order valence-corrected chi connectivity index (χ2v) is 3.10. The molecule has 0 amide bonds. The average Bonchev–Trinajstić information content (AvgIpc) is 2.36. The van der Waals surface area contributed by atoms with Crippen LogP contribution in [-0.2, 0) is 0 Å². The van der Waals surface area contributed by atoms with Crippen molar-refractivity contribution in [2.24, 2.45) is 0 Å². The molecule has 2 heterocycles. The number of hydrogen-bond acceptors (Lipinski definition) is 1. The Bertz CT molecular complexity index is 209. The lowest BCUT2D eigenvalue weighted by atomic mass is 10.1. The maximum absolute atomic E-state index is 3.44. The van der Waals surface area contributed by atoms with E-state index in [9.17, 15) is 0 Å². The quantitative estimate of drug-likeness (QED) is 0.555. The van der Waals surface area contributed by atoms with Crippen molar-refractivity contribution in [3.63, 3.8) is 0 Å². The van der Waals surface area contributed by atoms with Gasteiger partial charge in [-0.3, -0.25) is 0 Å². The standard InChI is InChI=1S/C10H13N/c1-2-6-10-8-4-3-7-9(5-1)11-10/h1-2,5-6,11H,3-4,7-8H2. The van der Waals surface area contributed by atoms with Crippen LogP contribution in [-0.4, -0.2) is 0 Å². The largest absolute Gasteiger partial charge is 0.362 e. The third-order valence-electron chi connectivity index (χ3n) is 2.17. The number of fused-ring (bicyclic) bond motifs is 2. The first-order valence-corrected chi connectivity index (χ1v) is 4.28. The smallest absolute Gasteiger partial charge is 0.0148 e. The fraction of sp³-hybridized carbons (Fsp3) is 0.400. The SMILES string of the molecule is C1=CC=C2CCCCC(=C1)N2. The highest BCUT2D eigenvalue weighted by atomic mass is 14.9. The van der Waals surface area contributed by atoms with E-state index < -0.39 is 0 Å². The first-order valence-electron chi connectivity index (χ1n) is 4.28. The molecule has 2 bridgehead atoms. The molecule has 11 heavy (non-hydrogen) atoms. The fourth-order valence-electron chi connectivity index (χ4n) is 1.56. The molecule has 1 saturated heterocycles. The molecule has 0 aromatic heterocycles. The Morgan fingerprint density at radius 1 is 0.909 bits per heavy atom. The molecule has 0 unspecified atom stereocenters. The maximum Gasteiger partial charge on any atom is 0.0148 e. The molecule has 0 aromatic carbocycles. The van der Waals surface area contributed by atoms with Crippen LogP contribution in [0.2, 0.25) is 0 Å². The van der Waals surface area contributed by atoms with E-state index in [1.54, 1.807) is 0 Å². The fourth-order valence-corrected chi connectivity index (χ4v) is 1.56. The van der Waals surface area contributed by atoms with E-state index in [1.807, 2.05) is 0 Å². The van der Waals surface area contributed by atoms with E-state index in [-0.39, 0.29) is 0 Å². The lowest BCUT2D eigenvalue weighted by Crippen LogP contribution is -2.08. The molecule has 1 fully saturated rings. The van der Waals surface area contributed by atoms with Gasteiger partial charge in [-0.25, -0.2) is 0 Å². The zero-order valence-electron chi connectivity index (χ0n) is 6.64. The maximum atomic E-state index is 3.44. The second kappa shape index (κ2) is 2.95. The third kappa shape index (κ3) is 1.53. The summed E-state index contributed by atoms with van der Waals surface area (Å²) in [5, 5.41) is 3.44. The van der Waals surface area contributed by atoms with Gasteiger partial charge < -0.3 is 5.32 Å². The van der Waals surface area contributed by atoms with Crippen LogP contribution in [0.25, 0.3) is 0 Å². The topological polar surface area (TPSA) is 12.0 Å². The molecule has 2 rings (SSSR count). The van der Waals surface area contributed by atoms with E-state index in [2.05, 4.69) is 29.6 Å². The van der Waals surface area contributed by atoms with Crippen molar-refractivity contribution >= 4 is 0 Å². The molecular formula is C10H13N. The van der Waals surface area contributed by atoms with E-state index >= 15 is 0 Å². The predicted octanol–water partition coefficient (Wildman–Crippen LogP) is 2.49. The molecule has 0 saturated carbocycles. The molecule has 58 valence electrons. The molecule has 0 aromatic rings. The number of nitrogens with one attached hydrogen (secondary N) is 1. The Kier molecular flexibility index (Phi) is 1.80. The summed E-state index contributed by atoms with van der Waals surface area (Å²) in [5.74, 6) is 0. The number of hydrogen-bond donors (Lipinski definition) is 1. The summed E-state index contributed by atoms with van der Waals surface area (Å²) >= 11 is 0. The monoisotopic (exact) mass is 147 g/mol. The van der Waals surface area contributed by atoms with E-state index in [0.29, 0.717) is 0 Å². The Balaban J connectivity index is 2.27. The molecule has 2 aliphatic rings. The molecule has 1 N–H and O–H groups in total. The lowest BCUT2D eigenvalue weighted by Gasteiger charge is -2.05. The van der Waals surface area contributed by atoms with E-state index in [0.717, 1.165) is 0 Å². The zero-order chi connectivity index (χ0) is 7.52. The van der Waals surface area contributed by atoms with Crippen LogP contribution in [0, 0.1) is 0 Å². The van der Waals surface area contributed by atoms with Crippen LogP contribution in [0.15, 0.2) is 35.7 Å². The van der Waals surface area contributed by atoms with E-state index in [4.69, 9.17) is 0 Å². The minimum atomic E-state index is 1.21. The Hall–Kier alpha value is -0.980. The average molecular weight is 147 g/mol. The van der Waals surface area contributed by atoms with Gasteiger partial charge in [-0.15, -0.1) is 0 Å². The van der Waals surface area contributed by atoms with Crippen molar-refractivity contribution in [1.29, 1.82) is 0 Å². The van der Waals surface area contributed by atoms with Gasteiger partial charge in [0.25, 0.3) is 0 Å². The molecular weight excluding hydrogens is 134 g/mol. The van der Waals surface area contributed by atoms with Gasteiger partial charge in [-0.05, 0) is 37.8 Å². The van der Waals surface area contributed by atoms with Crippen molar-refractivity contribution in [3.8, 4) is 0 Å². The van der Waals surface area contributed by atoms with Gasteiger partial charge in [-0.2, -0.15) is 0 Å².